The molecule has 0 radical (unpaired) electrons. The normalized spacial score (nSPS) is 35.9. The number of carbonyl (C=O) groups excluding carboxylic acids is 2. The Morgan fingerprint density at radius 1 is 1.17 bits per heavy atom. The molecule has 6 heteroatoms. The van der Waals surface area contributed by atoms with Crippen molar-refractivity contribution in [1.29, 1.82) is 0 Å². The van der Waals surface area contributed by atoms with Gasteiger partial charge in [-0.3, -0.25) is 9.59 Å². The molecule has 0 amide bonds. The second-order valence-electron chi connectivity index (χ2n) is 4.44. The number of alkyl halides is 1. The molecule has 0 aromatic heterocycles. The van der Waals surface area contributed by atoms with Crippen molar-refractivity contribution in [3.8, 4) is 0 Å². The molecule has 0 bridgehead atoms. The van der Waals surface area contributed by atoms with Crippen LogP contribution < -0.4 is 0 Å². The first-order valence-corrected chi connectivity index (χ1v) is 6.92. The fraction of sp³-hybridized carbons (Fsp3) is 0.833. The molecular weight excluding hydrogens is 304 g/mol. The maximum Gasteiger partial charge on any atom is 0.303 e. The summed E-state index contributed by atoms with van der Waals surface area (Å²) in [5.41, 5.74) is 0. The number of hydrogen-bond donors (Lipinski definition) is 0. The van der Waals surface area contributed by atoms with Gasteiger partial charge in [0, 0.05) is 19.8 Å². The van der Waals surface area contributed by atoms with Crippen LogP contribution in [0.2, 0.25) is 0 Å². The maximum absolute atomic E-state index is 11.2. The summed E-state index contributed by atoms with van der Waals surface area (Å²) in [4.78, 5) is 22.3. The minimum Gasteiger partial charge on any atom is -0.458 e. The number of rotatable bonds is 3. The van der Waals surface area contributed by atoms with Gasteiger partial charge in [-0.2, -0.15) is 0 Å². The molecule has 0 saturated carbocycles. The standard InChI is InChI=1S/C12H19BrO5/c1-5-9-6(2)10(16-7(3)14)11(12(13)18-9)17-8(4)15/h6,9-12H,5H2,1-4H3/t6-,9-,10+,11-,12+/m1/s1. The van der Waals surface area contributed by atoms with Crippen molar-refractivity contribution in [3.63, 3.8) is 0 Å². The third-order valence-electron chi connectivity index (χ3n) is 3.00. The van der Waals surface area contributed by atoms with Gasteiger partial charge in [0.25, 0.3) is 0 Å². The Morgan fingerprint density at radius 3 is 2.11 bits per heavy atom. The van der Waals surface area contributed by atoms with Gasteiger partial charge in [-0.25, -0.2) is 0 Å². The van der Waals surface area contributed by atoms with E-state index >= 15 is 0 Å². The second-order valence-corrected chi connectivity index (χ2v) is 5.34. The summed E-state index contributed by atoms with van der Waals surface area (Å²) in [6, 6.07) is 0. The second kappa shape index (κ2) is 6.52. The molecule has 0 unspecified atom stereocenters. The van der Waals surface area contributed by atoms with Crippen LogP contribution in [0.4, 0.5) is 0 Å². The first-order valence-electron chi connectivity index (χ1n) is 6.00. The first-order chi connectivity index (χ1) is 8.36. The third kappa shape index (κ3) is 3.68. The first kappa shape index (κ1) is 15.4. The van der Waals surface area contributed by atoms with Gasteiger partial charge in [0.1, 0.15) is 6.10 Å². The van der Waals surface area contributed by atoms with Crippen molar-refractivity contribution in [3.05, 3.63) is 0 Å². The number of halogens is 1. The Hall–Kier alpha value is -0.620. The van der Waals surface area contributed by atoms with Crippen LogP contribution in [0.25, 0.3) is 0 Å². The Balaban J connectivity index is 2.89. The summed E-state index contributed by atoms with van der Waals surface area (Å²) in [5, 5.41) is -0.466. The number of ether oxygens (including phenoxy) is 3. The molecule has 0 aromatic rings. The molecule has 0 N–H and O–H groups in total. The van der Waals surface area contributed by atoms with Crippen molar-refractivity contribution in [2.75, 3.05) is 0 Å². The van der Waals surface area contributed by atoms with Crippen LogP contribution in [0.15, 0.2) is 0 Å². The third-order valence-corrected chi connectivity index (χ3v) is 3.73. The Morgan fingerprint density at radius 2 is 1.67 bits per heavy atom. The van der Waals surface area contributed by atoms with E-state index in [2.05, 4.69) is 15.9 Å². The molecule has 0 spiro atoms. The van der Waals surface area contributed by atoms with E-state index in [1.54, 1.807) is 0 Å². The summed E-state index contributed by atoms with van der Waals surface area (Å²) in [7, 11) is 0. The highest BCUT2D eigenvalue weighted by Crippen LogP contribution is 2.34. The van der Waals surface area contributed by atoms with Gasteiger partial charge in [0.2, 0.25) is 0 Å². The topological polar surface area (TPSA) is 61.8 Å². The molecule has 1 heterocycles. The lowest BCUT2D eigenvalue weighted by Crippen LogP contribution is -2.54. The average molecular weight is 323 g/mol. The lowest BCUT2D eigenvalue weighted by Gasteiger charge is -2.42. The molecule has 1 rings (SSSR count). The van der Waals surface area contributed by atoms with E-state index in [0.717, 1.165) is 6.42 Å². The van der Waals surface area contributed by atoms with Crippen molar-refractivity contribution >= 4 is 27.9 Å². The smallest absolute Gasteiger partial charge is 0.303 e. The summed E-state index contributed by atoms with van der Waals surface area (Å²) in [6.45, 7) is 6.59. The summed E-state index contributed by atoms with van der Waals surface area (Å²) in [6.07, 6.45) is -0.349. The van der Waals surface area contributed by atoms with Crippen molar-refractivity contribution < 1.29 is 23.8 Å². The average Bonchev–Trinajstić information content (AvgIpc) is 2.27. The number of hydrogen-bond acceptors (Lipinski definition) is 5. The Labute approximate surface area is 115 Å². The minimum absolute atomic E-state index is 0.0305. The van der Waals surface area contributed by atoms with Crippen molar-refractivity contribution in [1.82, 2.24) is 0 Å². The van der Waals surface area contributed by atoms with Crippen LogP contribution in [-0.2, 0) is 23.8 Å². The number of esters is 2. The fourth-order valence-electron chi connectivity index (χ4n) is 2.17. The molecule has 104 valence electrons. The van der Waals surface area contributed by atoms with E-state index < -0.39 is 23.2 Å². The van der Waals surface area contributed by atoms with E-state index in [4.69, 9.17) is 14.2 Å². The quantitative estimate of drug-likeness (QED) is 0.587. The van der Waals surface area contributed by atoms with E-state index in [1.165, 1.54) is 13.8 Å². The van der Waals surface area contributed by atoms with Crippen LogP contribution in [0.1, 0.15) is 34.1 Å². The largest absolute Gasteiger partial charge is 0.458 e. The Kier molecular flexibility index (Phi) is 5.59. The van der Waals surface area contributed by atoms with Gasteiger partial charge < -0.3 is 14.2 Å². The van der Waals surface area contributed by atoms with Crippen LogP contribution in [-0.4, -0.2) is 35.3 Å². The SMILES string of the molecule is CC[C@H]1O[C@H](Br)[C@H](OC(C)=O)[C@@H](OC(C)=O)[C@@H]1C. The molecule has 0 aliphatic carbocycles. The summed E-state index contributed by atoms with van der Waals surface area (Å²) >= 11 is 3.33. The van der Waals surface area contributed by atoms with Gasteiger partial charge in [-0.1, -0.05) is 29.8 Å². The monoisotopic (exact) mass is 322 g/mol. The van der Waals surface area contributed by atoms with Crippen molar-refractivity contribution in [2.24, 2.45) is 5.92 Å². The van der Waals surface area contributed by atoms with E-state index in [9.17, 15) is 9.59 Å². The molecule has 1 fully saturated rings. The van der Waals surface area contributed by atoms with Crippen LogP contribution in [0.5, 0.6) is 0 Å². The lowest BCUT2D eigenvalue weighted by atomic mass is 9.90. The van der Waals surface area contributed by atoms with E-state index in [1.807, 2.05) is 13.8 Å². The lowest BCUT2D eigenvalue weighted by molar-refractivity contribution is -0.206. The van der Waals surface area contributed by atoms with Gasteiger partial charge in [-0.05, 0) is 6.42 Å². The minimum atomic E-state index is -0.621. The molecule has 1 aliphatic rings. The van der Waals surface area contributed by atoms with E-state index in [-0.39, 0.29) is 18.0 Å². The summed E-state index contributed by atoms with van der Waals surface area (Å²) < 4.78 is 16.2. The highest BCUT2D eigenvalue weighted by atomic mass is 79.9. The molecule has 5 atom stereocenters. The fourth-order valence-corrected chi connectivity index (χ4v) is 2.86. The predicted molar refractivity (Wildman–Crippen MR) is 68.2 cm³/mol. The zero-order chi connectivity index (χ0) is 13.9. The zero-order valence-electron chi connectivity index (χ0n) is 11.0. The molecule has 18 heavy (non-hydrogen) atoms. The summed E-state index contributed by atoms with van der Waals surface area (Å²) in [5.74, 6) is -0.843. The van der Waals surface area contributed by atoms with Gasteiger partial charge in [0.15, 0.2) is 11.1 Å². The molecule has 1 aliphatic heterocycles. The molecule has 0 aromatic carbocycles. The van der Waals surface area contributed by atoms with Crippen LogP contribution in [0, 0.1) is 5.92 Å². The number of carbonyl (C=O) groups is 2. The van der Waals surface area contributed by atoms with Crippen molar-refractivity contribution in [2.45, 2.75) is 57.4 Å². The molecule has 1 saturated heterocycles. The van der Waals surface area contributed by atoms with Crippen LogP contribution >= 0.6 is 15.9 Å². The molecular formula is C12H19BrO5. The van der Waals surface area contributed by atoms with Gasteiger partial charge >= 0.3 is 11.9 Å². The van der Waals surface area contributed by atoms with Gasteiger partial charge in [-0.15, -0.1) is 0 Å². The highest BCUT2D eigenvalue weighted by Gasteiger charge is 2.46. The molecule has 5 nitrogen and oxygen atoms in total. The Bertz CT molecular complexity index is 320. The van der Waals surface area contributed by atoms with E-state index in [0.29, 0.717) is 0 Å². The highest BCUT2D eigenvalue weighted by molar-refractivity contribution is 9.09. The van der Waals surface area contributed by atoms with Gasteiger partial charge in [0.05, 0.1) is 6.10 Å². The van der Waals surface area contributed by atoms with Crippen LogP contribution in [0.3, 0.4) is 0 Å². The predicted octanol–water partition coefficient (Wildman–Crippen LogP) is 2.02. The zero-order valence-corrected chi connectivity index (χ0v) is 12.6. The maximum atomic E-state index is 11.2.